The SMILES string of the molecule is Cc1c(N)cc(Br)cc1S(=O)(=O)N1CCC(C)CC1C. The Kier molecular flexibility index (Phi) is 4.47. The van der Waals surface area contributed by atoms with Gasteiger partial charge in [0, 0.05) is 22.7 Å². The molecule has 2 N–H and O–H groups in total. The van der Waals surface area contributed by atoms with Crippen molar-refractivity contribution in [3.63, 3.8) is 0 Å². The lowest BCUT2D eigenvalue weighted by atomic mass is 9.95. The van der Waals surface area contributed by atoms with Crippen molar-refractivity contribution in [2.75, 3.05) is 12.3 Å². The number of sulfonamides is 1. The summed E-state index contributed by atoms with van der Waals surface area (Å²) in [7, 11) is -3.49. The van der Waals surface area contributed by atoms with Crippen molar-refractivity contribution in [1.29, 1.82) is 0 Å². The minimum absolute atomic E-state index is 0.0309. The minimum Gasteiger partial charge on any atom is -0.398 e. The minimum atomic E-state index is -3.49. The maximum atomic E-state index is 12.9. The molecule has 0 spiro atoms. The average Bonchev–Trinajstić information content (AvgIpc) is 2.33. The van der Waals surface area contributed by atoms with E-state index in [2.05, 4.69) is 22.9 Å². The van der Waals surface area contributed by atoms with Gasteiger partial charge in [-0.3, -0.25) is 0 Å². The molecule has 0 radical (unpaired) electrons. The topological polar surface area (TPSA) is 63.4 Å². The molecule has 4 nitrogen and oxygen atoms in total. The zero-order valence-electron chi connectivity index (χ0n) is 12.1. The van der Waals surface area contributed by atoms with E-state index in [4.69, 9.17) is 5.73 Å². The van der Waals surface area contributed by atoms with Gasteiger partial charge in [-0.25, -0.2) is 8.42 Å². The van der Waals surface area contributed by atoms with Crippen LogP contribution in [-0.2, 0) is 10.0 Å². The summed E-state index contributed by atoms with van der Waals surface area (Å²) in [6, 6.07) is 3.41. The molecule has 0 bridgehead atoms. The van der Waals surface area contributed by atoms with E-state index >= 15 is 0 Å². The van der Waals surface area contributed by atoms with Gasteiger partial charge in [0.1, 0.15) is 0 Å². The lowest BCUT2D eigenvalue weighted by Gasteiger charge is -2.35. The van der Waals surface area contributed by atoms with E-state index in [-0.39, 0.29) is 6.04 Å². The summed E-state index contributed by atoms with van der Waals surface area (Å²) >= 11 is 3.33. The molecule has 2 atom stereocenters. The van der Waals surface area contributed by atoms with E-state index < -0.39 is 10.0 Å². The van der Waals surface area contributed by atoms with Crippen molar-refractivity contribution in [2.45, 2.75) is 44.6 Å². The first kappa shape index (κ1) is 15.8. The first-order valence-electron chi connectivity index (χ1n) is 6.81. The Labute approximate surface area is 129 Å². The smallest absolute Gasteiger partial charge is 0.243 e. The molecule has 20 heavy (non-hydrogen) atoms. The van der Waals surface area contributed by atoms with Crippen molar-refractivity contribution in [1.82, 2.24) is 4.31 Å². The first-order chi connectivity index (χ1) is 9.23. The molecule has 1 fully saturated rings. The number of hydrogen-bond donors (Lipinski definition) is 1. The molecular formula is C14H21BrN2O2S. The number of nitrogen functional groups attached to an aromatic ring is 1. The molecular weight excluding hydrogens is 340 g/mol. The van der Waals surface area contributed by atoms with Crippen LogP contribution in [0.1, 0.15) is 32.3 Å². The second-order valence-corrected chi connectivity index (χ2v) is 8.49. The predicted molar refractivity (Wildman–Crippen MR) is 85.0 cm³/mol. The summed E-state index contributed by atoms with van der Waals surface area (Å²) in [4.78, 5) is 0.311. The number of hydrogen-bond acceptors (Lipinski definition) is 3. The standard InChI is InChI=1S/C14H21BrN2O2S/c1-9-4-5-17(10(2)6-9)20(18,19)14-8-12(15)7-13(16)11(14)3/h7-10H,4-6,16H2,1-3H3. The second-order valence-electron chi connectivity index (χ2n) is 5.71. The largest absolute Gasteiger partial charge is 0.398 e. The molecule has 6 heteroatoms. The molecule has 2 rings (SSSR count). The summed E-state index contributed by atoms with van der Waals surface area (Å²) in [6.45, 7) is 6.48. The summed E-state index contributed by atoms with van der Waals surface area (Å²) in [5, 5.41) is 0. The van der Waals surface area contributed by atoms with Crippen LogP contribution in [0.2, 0.25) is 0 Å². The highest BCUT2D eigenvalue weighted by Gasteiger charge is 2.34. The van der Waals surface area contributed by atoms with Crippen molar-refractivity contribution < 1.29 is 8.42 Å². The van der Waals surface area contributed by atoms with Crippen molar-refractivity contribution in [3.8, 4) is 0 Å². The Morgan fingerprint density at radius 1 is 1.35 bits per heavy atom. The maximum absolute atomic E-state index is 12.9. The zero-order valence-corrected chi connectivity index (χ0v) is 14.5. The van der Waals surface area contributed by atoms with Crippen molar-refractivity contribution in [2.24, 2.45) is 5.92 Å². The summed E-state index contributed by atoms with van der Waals surface area (Å²) in [5.74, 6) is 0.574. The van der Waals surface area contributed by atoms with Crippen molar-refractivity contribution in [3.05, 3.63) is 22.2 Å². The third-order valence-electron chi connectivity index (χ3n) is 4.03. The van der Waals surface area contributed by atoms with Crippen LogP contribution in [0.5, 0.6) is 0 Å². The molecule has 1 aliphatic rings. The normalized spacial score (nSPS) is 24.8. The highest BCUT2D eigenvalue weighted by Crippen LogP contribution is 2.32. The van der Waals surface area contributed by atoms with Crippen LogP contribution in [0.15, 0.2) is 21.5 Å². The van der Waals surface area contributed by atoms with E-state index in [1.807, 2.05) is 6.92 Å². The molecule has 0 aliphatic carbocycles. The highest BCUT2D eigenvalue weighted by molar-refractivity contribution is 9.10. The van der Waals surface area contributed by atoms with Crippen LogP contribution >= 0.6 is 15.9 Å². The monoisotopic (exact) mass is 360 g/mol. The molecule has 0 aromatic heterocycles. The fraction of sp³-hybridized carbons (Fsp3) is 0.571. The van der Waals surface area contributed by atoms with Crippen LogP contribution in [0, 0.1) is 12.8 Å². The number of piperidine rings is 1. The van der Waals surface area contributed by atoms with E-state index in [1.54, 1.807) is 23.4 Å². The average molecular weight is 361 g/mol. The highest BCUT2D eigenvalue weighted by atomic mass is 79.9. The second kappa shape index (κ2) is 5.66. The number of anilines is 1. The van der Waals surface area contributed by atoms with Gasteiger partial charge in [-0.05, 0) is 50.3 Å². The molecule has 1 aromatic carbocycles. The number of nitrogens with zero attached hydrogens (tertiary/aromatic N) is 1. The van der Waals surface area contributed by atoms with Crippen LogP contribution < -0.4 is 5.73 Å². The van der Waals surface area contributed by atoms with Gasteiger partial charge in [-0.15, -0.1) is 0 Å². The van der Waals surface area contributed by atoms with Gasteiger partial charge >= 0.3 is 0 Å². The quantitative estimate of drug-likeness (QED) is 0.823. The van der Waals surface area contributed by atoms with Crippen LogP contribution in [0.4, 0.5) is 5.69 Å². The van der Waals surface area contributed by atoms with Gasteiger partial charge in [-0.2, -0.15) is 4.31 Å². The molecule has 1 heterocycles. The number of benzene rings is 1. The Balaban J connectivity index is 2.46. The Morgan fingerprint density at radius 2 is 2.00 bits per heavy atom. The fourth-order valence-corrected chi connectivity index (χ4v) is 5.38. The third-order valence-corrected chi connectivity index (χ3v) is 6.63. The lowest BCUT2D eigenvalue weighted by molar-refractivity contribution is 0.220. The summed E-state index contributed by atoms with van der Waals surface area (Å²) in [6.07, 6.45) is 1.81. The maximum Gasteiger partial charge on any atom is 0.243 e. The fourth-order valence-electron chi connectivity index (χ4n) is 2.81. The van der Waals surface area contributed by atoms with Gasteiger partial charge in [0.2, 0.25) is 10.0 Å². The van der Waals surface area contributed by atoms with Crippen LogP contribution in [-0.4, -0.2) is 25.3 Å². The molecule has 1 saturated heterocycles. The number of rotatable bonds is 2. The summed E-state index contributed by atoms with van der Waals surface area (Å²) in [5.41, 5.74) is 7.01. The first-order valence-corrected chi connectivity index (χ1v) is 9.04. The van der Waals surface area contributed by atoms with Gasteiger partial charge in [-0.1, -0.05) is 22.9 Å². The van der Waals surface area contributed by atoms with E-state index in [9.17, 15) is 8.42 Å². The van der Waals surface area contributed by atoms with Crippen molar-refractivity contribution >= 4 is 31.6 Å². The lowest BCUT2D eigenvalue weighted by Crippen LogP contribution is -2.44. The number of halogens is 1. The van der Waals surface area contributed by atoms with E-state index in [0.29, 0.717) is 33.1 Å². The van der Waals surface area contributed by atoms with Gasteiger partial charge in [0.05, 0.1) is 4.90 Å². The Bertz CT molecular complexity index is 616. The molecule has 1 aromatic rings. The molecule has 2 unspecified atom stereocenters. The Hall–Kier alpha value is -0.590. The molecule has 1 aliphatic heterocycles. The van der Waals surface area contributed by atoms with E-state index in [0.717, 1.165) is 12.8 Å². The predicted octanol–water partition coefficient (Wildman–Crippen LogP) is 3.15. The number of nitrogens with two attached hydrogens (primary N) is 1. The van der Waals surface area contributed by atoms with Crippen LogP contribution in [0.25, 0.3) is 0 Å². The van der Waals surface area contributed by atoms with Gasteiger partial charge in [0.25, 0.3) is 0 Å². The van der Waals surface area contributed by atoms with Crippen LogP contribution in [0.3, 0.4) is 0 Å². The zero-order chi connectivity index (χ0) is 15.1. The molecule has 0 amide bonds. The summed E-state index contributed by atoms with van der Waals surface area (Å²) < 4.78 is 28.1. The van der Waals surface area contributed by atoms with Gasteiger partial charge in [0.15, 0.2) is 0 Å². The molecule has 112 valence electrons. The molecule has 0 saturated carbocycles. The third kappa shape index (κ3) is 2.87. The van der Waals surface area contributed by atoms with Gasteiger partial charge < -0.3 is 5.73 Å². The van der Waals surface area contributed by atoms with E-state index in [1.165, 1.54) is 0 Å². The Morgan fingerprint density at radius 3 is 2.60 bits per heavy atom.